The van der Waals surface area contributed by atoms with Crippen LogP contribution in [0.25, 0.3) is 0 Å². The largest absolute Gasteiger partial charge is 0.315 e. The predicted octanol–water partition coefficient (Wildman–Crippen LogP) is 3.29. The number of hydrogen-bond acceptors (Lipinski definition) is 1. The van der Waals surface area contributed by atoms with Gasteiger partial charge in [0.2, 0.25) is 0 Å². The van der Waals surface area contributed by atoms with E-state index >= 15 is 0 Å². The third-order valence-electron chi connectivity index (χ3n) is 3.33. The summed E-state index contributed by atoms with van der Waals surface area (Å²) >= 11 is 0. The Morgan fingerprint density at radius 2 is 1.35 bits per heavy atom. The lowest BCUT2D eigenvalue weighted by Gasteiger charge is -2.27. The Morgan fingerprint density at radius 1 is 0.941 bits per heavy atom. The Labute approximate surface area is 105 Å². The molecule has 0 unspecified atom stereocenters. The molecule has 0 saturated heterocycles. The standard InChI is InChI=1S/C15H25NO/c1-10-11(14(2,3)4)9-12(15(5,6)7)13(17)16(10)8/h9H,1-8H3. The fraction of sp³-hybridized carbons (Fsp3) is 0.667. The fourth-order valence-corrected chi connectivity index (χ4v) is 2.12. The zero-order valence-corrected chi connectivity index (χ0v) is 12.4. The fourth-order valence-electron chi connectivity index (χ4n) is 2.12. The van der Waals surface area contributed by atoms with E-state index in [0.29, 0.717) is 0 Å². The van der Waals surface area contributed by atoms with Crippen molar-refractivity contribution in [1.82, 2.24) is 4.57 Å². The van der Waals surface area contributed by atoms with Gasteiger partial charge in [-0.2, -0.15) is 0 Å². The highest BCUT2D eigenvalue weighted by atomic mass is 16.1. The molecule has 0 bridgehead atoms. The first-order valence-corrected chi connectivity index (χ1v) is 6.18. The van der Waals surface area contributed by atoms with Crippen LogP contribution < -0.4 is 5.56 Å². The van der Waals surface area contributed by atoms with Crippen molar-refractivity contribution in [3.63, 3.8) is 0 Å². The Morgan fingerprint density at radius 3 is 1.71 bits per heavy atom. The van der Waals surface area contributed by atoms with E-state index in [1.54, 1.807) is 4.57 Å². The van der Waals surface area contributed by atoms with Gasteiger partial charge in [-0.05, 0) is 29.4 Å². The summed E-state index contributed by atoms with van der Waals surface area (Å²) in [6.45, 7) is 14.8. The van der Waals surface area contributed by atoms with Crippen LogP contribution in [0.4, 0.5) is 0 Å². The quantitative estimate of drug-likeness (QED) is 0.676. The van der Waals surface area contributed by atoms with E-state index in [9.17, 15) is 4.79 Å². The van der Waals surface area contributed by atoms with Crippen molar-refractivity contribution < 1.29 is 0 Å². The second kappa shape index (κ2) is 4.01. The average Bonchev–Trinajstić information content (AvgIpc) is 2.10. The molecule has 0 aliphatic heterocycles. The van der Waals surface area contributed by atoms with Crippen LogP contribution in [-0.2, 0) is 17.9 Å². The second-order valence-corrected chi connectivity index (χ2v) is 6.92. The van der Waals surface area contributed by atoms with Crippen LogP contribution in [0.2, 0.25) is 0 Å². The molecule has 1 heterocycles. The van der Waals surface area contributed by atoms with Gasteiger partial charge in [-0.15, -0.1) is 0 Å². The molecule has 0 fully saturated rings. The van der Waals surface area contributed by atoms with E-state index in [1.807, 2.05) is 14.0 Å². The van der Waals surface area contributed by atoms with Crippen molar-refractivity contribution in [2.45, 2.75) is 59.3 Å². The maximum absolute atomic E-state index is 12.3. The zero-order chi connectivity index (χ0) is 13.6. The van der Waals surface area contributed by atoms with Gasteiger partial charge in [-0.25, -0.2) is 0 Å². The minimum atomic E-state index is -0.109. The van der Waals surface area contributed by atoms with Crippen LogP contribution in [0.15, 0.2) is 10.9 Å². The molecule has 0 aliphatic rings. The predicted molar refractivity (Wildman–Crippen MR) is 73.8 cm³/mol. The first kappa shape index (κ1) is 14.0. The Kier molecular flexibility index (Phi) is 3.30. The molecule has 96 valence electrons. The highest BCUT2D eigenvalue weighted by Crippen LogP contribution is 2.28. The molecule has 0 N–H and O–H groups in total. The van der Waals surface area contributed by atoms with Gasteiger partial charge in [-0.3, -0.25) is 4.79 Å². The molecule has 0 spiro atoms. The summed E-state index contributed by atoms with van der Waals surface area (Å²) in [5, 5.41) is 0. The van der Waals surface area contributed by atoms with E-state index in [1.165, 1.54) is 5.56 Å². The van der Waals surface area contributed by atoms with Gasteiger partial charge in [0, 0.05) is 18.3 Å². The number of rotatable bonds is 0. The highest BCUT2D eigenvalue weighted by Gasteiger charge is 2.25. The summed E-state index contributed by atoms with van der Waals surface area (Å²) in [4.78, 5) is 12.3. The molecule has 1 aromatic heterocycles. The monoisotopic (exact) mass is 235 g/mol. The molecule has 0 aromatic carbocycles. The van der Waals surface area contributed by atoms with Gasteiger partial charge in [0.1, 0.15) is 0 Å². The van der Waals surface area contributed by atoms with Crippen molar-refractivity contribution in [1.29, 1.82) is 0 Å². The van der Waals surface area contributed by atoms with Gasteiger partial charge in [0.25, 0.3) is 5.56 Å². The molecule has 1 rings (SSSR count). The Hall–Kier alpha value is -1.05. The van der Waals surface area contributed by atoms with Crippen LogP contribution in [0.3, 0.4) is 0 Å². The number of nitrogens with zero attached hydrogens (tertiary/aromatic N) is 1. The van der Waals surface area contributed by atoms with Gasteiger partial charge in [-0.1, -0.05) is 41.5 Å². The minimum Gasteiger partial charge on any atom is -0.315 e. The van der Waals surface area contributed by atoms with Gasteiger partial charge in [0.05, 0.1) is 0 Å². The van der Waals surface area contributed by atoms with Crippen LogP contribution in [0.5, 0.6) is 0 Å². The van der Waals surface area contributed by atoms with Crippen molar-refractivity contribution >= 4 is 0 Å². The van der Waals surface area contributed by atoms with Crippen molar-refractivity contribution in [2.24, 2.45) is 7.05 Å². The third-order valence-corrected chi connectivity index (χ3v) is 3.33. The normalized spacial score (nSPS) is 12.9. The smallest absolute Gasteiger partial charge is 0.254 e. The molecule has 1 aromatic rings. The van der Waals surface area contributed by atoms with Crippen molar-refractivity contribution in [2.75, 3.05) is 0 Å². The van der Waals surface area contributed by atoms with E-state index < -0.39 is 0 Å². The topological polar surface area (TPSA) is 22.0 Å². The first-order chi connectivity index (χ1) is 7.46. The van der Waals surface area contributed by atoms with E-state index in [-0.39, 0.29) is 16.4 Å². The van der Waals surface area contributed by atoms with Gasteiger partial charge in [0.15, 0.2) is 0 Å². The lowest BCUT2D eigenvalue weighted by atomic mass is 9.80. The van der Waals surface area contributed by atoms with Crippen LogP contribution >= 0.6 is 0 Å². The lowest BCUT2D eigenvalue weighted by Crippen LogP contribution is -2.33. The second-order valence-electron chi connectivity index (χ2n) is 6.92. The summed E-state index contributed by atoms with van der Waals surface area (Å²) in [6.07, 6.45) is 0. The minimum absolute atomic E-state index is 0.0650. The maximum Gasteiger partial charge on any atom is 0.254 e. The number of aromatic nitrogens is 1. The third kappa shape index (κ3) is 2.62. The van der Waals surface area contributed by atoms with Gasteiger partial charge < -0.3 is 4.57 Å². The van der Waals surface area contributed by atoms with E-state index in [4.69, 9.17) is 0 Å². The van der Waals surface area contributed by atoms with Crippen LogP contribution in [0, 0.1) is 6.92 Å². The molecule has 17 heavy (non-hydrogen) atoms. The van der Waals surface area contributed by atoms with Crippen molar-refractivity contribution in [3.8, 4) is 0 Å². The first-order valence-electron chi connectivity index (χ1n) is 6.18. The molecular weight excluding hydrogens is 210 g/mol. The molecule has 2 heteroatoms. The Balaban J connectivity index is 3.69. The molecular formula is C15H25NO. The summed E-state index contributed by atoms with van der Waals surface area (Å²) < 4.78 is 1.78. The van der Waals surface area contributed by atoms with Crippen LogP contribution in [0.1, 0.15) is 58.4 Å². The zero-order valence-electron chi connectivity index (χ0n) is 12.4. The summed E-state index contributed by atoms with van der Waals surface area (Å²) in [5.74, 6) is 0. The molecule has 0 aliphatic carbocycles. The molecule has 0 amide bonds. The SMILES string of the molecule is Cc1c(C(C)(C)C)cc(C(C)(C)C)c(=O)n1C. The van der Waals surface area contributed by atoms with E-state index in [0.717, 1.165) is 11.3 Å². The molecule has 0 radical (unpaired) electrons. The lowest BCUT2D eigenvalue weighted by molar-refractivity contribution is 0.541. The van der Waals surface area contributed by atoms with Gasteiger partial charge >= 0.3 is 0 Å². The number of hydrogen-bond donors (Lipinski definition) is 0. The summed E-state index contributed by atoms with van der Waals surface area (Å²) in [6, 6.07) is 2.09. The molecule has 0 saturated carbocycles. The van der Waals surface area contributed by atoms with Crippen molar-refractivity contribution in [3.05, 3.63) is 33.2 Å². The molecule has 0 atom stereocenters. The maximum atomic E-state index is 12.3. The highest BCUT2D eigenvalue weighted by molar-refractivity contribution is 5.34. The molecule has 2 nitrogen and oxygen atoms in total. The Bertz CT molecular complexity index is 481. The van der Waals surface area contributed by atoms with E-state index in [2.05, 4.69) is 47.6 Å². The van der Waals surface area contributed by atoms with Crippen LogP contribution in [-0.4, -0.2) is 4.57 Å². The summed E-state index contributed by atoms with van der Waals surface area (Å²) in [5.41, 5.74) is 3.30. The average molecular weight is 235 g/mol. The summed E-state index contributed by atoms with van der Waals surface area (Å²) in [7, 11) is 1.86. The number of pyridine rings is 1.